The summed E-state index contributed by atoms with van der Waals surface area (Å²) in [4.78, 5) is 19.7. The second kappa shape index (κ2) is 9.66. The largest absolute Gasteiger partial charge is 1.00 e. The summed E-state index contributed by atoms with van der Waals surface area (Å²) in [7, 11) is -4.72. The topological polar surface area (TPSA) is 72.4 Å². The van der Waals surface area contributed by atoms with Crippen LogP contribution >= 0.6 is 7.82 Å². The molecule has 0 N–H and O–H groups in total. The van der Waals surface area contributed by atoms with Crippen LogP contribution in [-0.4, -0.2) is 6.61 Å². The third-order valence-electron chi connectivity index (χ3n) is 0.945. The molecule has 0 aromatic carbocycles. The molecule has 0 aliphatic heterocycles. The summed E-state index contributed by atoms with van der Waals surface area (Å²) in [6, 6.07) is 0. The Morgan fingerprint density at radius 2 is 1.75 bits per heavy atom. The molecule has 0 spiro atoms. The van der Waals surface area contributed by atoms with E-state index in [1.54, 1.807) is 0 Å². The van der Waals surface area contributed by atoms with Crippen LogP contribution in [0.15, 0.2) is 0 Å². The molecule has 0 rings (SSSR count). The number of phosphoric acid groups is 1. The van der Waals surface area contributed by atoms with Crippen molar-refractivity contribution in [3.05, 3.63) is 0 Å². The van der Waals surface area contributed by atoms with Crippen molar-refractivity contribution in [1.82, 2.24) is 0 Å². The average Bonchev–Trinajstić information content (AvgIpc) is 1.59. The second-order valence-corrected chi connectivity index (χ2v) is 3.62. The van der Waals surface area contributed by atoms with Gasteiger partial charge in [-0.05, 0) is 12.3 Å². The summed E-state index contributed by atoms with van der Waals surface area (Å²) in [5, 5.41) is 0. The Labute approximate surface area is 117 Å². The first-order chi connectivity index (χ1) is 4.42. The van der Waals surface area contributed by atoms with E-state index < -0.39 is 7.82 Å². The van der Waals surface area contributed by atoms with E-state index in [1.165, 1.54) is 0 Å². The third kappa shape index (κ3) is 18.0. The second-order valence-electron chi connectivity index (χ2n) is 2.46. The van der Waals surface area contributed by atoms with Gasteiger partial charge in [0.25, 0.3) is 0 Å². The molecule has 0 atom stereocenters. The SMILES string of the molecule is CC(C)CCOP(=O)([O-])[O-].[Na+].[Na+]. The van der Waals surface area contributed by atoms with Gasteiger partial charge in [-0.15, -0.1) is 0 Å². The van der Waals surface area contributed by atoms with Crippen LogP contribution in [0.2, 0.25) is 0 Å². The van der Waals surface area contributed by atoms with E-state index in [0.29, 0.717) is 12.3 Å². The maximum absolute atomic E-state index is 9.86. The zero-order chi connectivity index (χ0) is 8.20. The Hall–Kier alpha value is 2.11. The number of hydrogen-bond acceptors (Lipinski definition) is 4. The molecule has 7 heteroatoms. The first-order valence-electron chi connectivity index (χ1n) is 3.08. The van der Waals surface area contributed by atoms with Crippen LogP contribution in [0.1, 0.15) is 20.3 Å². The normalized spacial score (nSPS) is 10.4. The van der Waals surface area contributed by atoms with Crippen molar-refractivity contribution in [1.29, 1.82) is 0 Å². The Balaban J connectivity index is -0.000000405. The van der Waals surface area contributed by atoms with Crippen molar-refractivity contribution >= 4 is 7.82 Å². The summed E-state index contributed by atoms with van der Waals surface area (Å²) in [5.74, 6) is 0.353. The van der Waals surface area contributed by atoms with Crippen LogP contribution in [0.5, 0.6) is 0 Å². The molecule has 0 radical (unpaired) electrons. The van der Waals surface area contributed by atoms with Gasteiger partial charge in [0.2, 0.25) is 0 Å². The molecule has 0 aromatic rings. The molecule has 0 saturated carbocycles. The van der Waals surface area contributed by atoms with Gasteiger partial charge in [0.1, 0.15) is 0 Å². The van der Waals surface area contributed by atoms with E-state index in [9.17, 15) is 14.4 Å². The standard InChI is InChI=1S/C5H13O4P.2Na/c1-5(2)3-4-9-10(6,7)8;;/h5H,3-4H2,1-2H3,(H2,6,7,8);;/q;2*+1/p-2. The molecule has 0 unspecified atom stereocenters. The minimum absolute atomic E-state index is 0. The van der Waals surface area contributed by atoms with Crippen LogP contribution in [0, 0.1) is 5.92 Å². The molecule has 12 heavy (non-hydrogen) atoms. The van der Waals surface area contributed by atoms with E-state index in [1.807, 2.05) is 13.8 Å². The molecule has 0 aliphatic rings. The van der Waals surface area contributed by atoms with Crippen LogP contribution < -0.4 is 68.9 Å². The van der Waals surface area contributed by atoms with Crippen molar-refractivity contribution in [2.24, 2.45) is 5.92 Å². The Morgan fingerprint density at radius 3 is 2.00 bits per heavy atom. The average molecular weight is 212 g/mol. The van der Waals surface area contributed by atoms with Gasteiger partial charge in [-0.25, -0.2) is 0 Å². The zero-order valence-corrected chi connectivity index (χ0v) is 13.0. The van der Waals surface area contributed by atoms with E-state index in [4.69, 9.17) is 0 Å². The van der Waals surface area contributed by atoms with Gasteiger partial charge < -0.3 is 18.9 Å². The van der Waals surface area contributed by atoms with Crippen molar-refractivity contribution in [2.45, 2.75) is 20.3 Å². The molecule has 62 valence electrons. The Morgan fingerprint density at radius 1 is 1.33 bits per heavy atom. The van der Waals surface area contributed by atoms with Crippen molar-refractivity contribution in [3.63, 3.8) is 0 Å². The van der Waals surface area contributed by atoms with Crippen molar-refractivity contribution in [3.8, 4) is 0 Å². The maximum atomic E-state index is 9.86. The first kappa shape index (κ1) is 19.6. The minimum atomic E-state index is -4.72. The molecular formula is C5H11Na2O4P. The third-order valence-corrected chi connectivity index (χ3v) is 1.44. The van der Waals surface area contributed by atoms with Crippen LogP contribution in [-0.2, 0) is 9.09 Å². The van der Waals surface area contributed by atoms with Crippen LogP contribution in [0.25, 0.3) is 0 Å². The molecule has 0 heterocycles. The van der Waals surface area contributed by atoms with E-state index in [2.05, 4.69) is 4.52 Å². The molecule has 0 bridgehead atoms. The van der Waals surface area contributed by atoms with Crippen LogP contribution in [0.3, 0.4) is 0 Å². The number of phosphoric ester groups is 1. The quantitative estimate of drug-likeness (QED) is 0.343. The summed E-state index contributed by atoms with van der Waals surface area (Å²) in [6.45, 7) is 3.84. The molecule has 0 amide bonds. The van der Waals surface area contributed by atoms with E-state index >= 15 is 0 Å². The summed E-state index contributed by atoms with van der Waals surface area (Å²) < 4.78 is 13.8. The summed E-state index contributed by atoms with van der Waals surface area (Å²) >= 11 is 0. The fraction of sp³-hybridized carbons (Fsp3) is 1.00. The van der Waals surface area contributed by atoms with Gasteiger partial charge in [0.15, 0.2) is 0 Å². The van der Waals surface area contributed by atoms with Gasteiger partial charge in [-0.2, -0.15) is 0 Å². The van der Waals surface area contributed by atoms with E-state index in [0.717, 1.165) is 0 Å². The fourth-order valence-corrected chi connectivity index (χ4v) is 0.729. The first-order valence-corrected chi connectivity index (χ1v) is 4.54. The maximum Gasteiger partial charge on any atom is 1.00 e. The molecule has 0 aromatic heterocycles. The molecule has 4 nitrogen and oxygen atoms in total. The van der Waals surface area contributed by atoms with Crippen molar-refractivity contribution < 1.29 is 78.0 Å². The Bertz CT molecular complexity index is 135. The minimum Gasteiger partial charge on any atom is -0.790 e. The van der Waals surface area contributed by atoms with Gasteiger partial charge in [0.05, 0.1) is 14.4 Å². The zero-order valence-electron chi connectivity index (χ0n) is 8.07. The molecule has 0 saturated heterocycles. The smallest absolute Gasteiger partial charge is 0.790 e. The predicted molar refractivity (Wildman–Crippen MR) is 33.0 cm³/mol. The molecule has 0 aliphatic carbocycles. The van der Waals surface area contributed by atoms with Gasteiger partial charge in [-0.3, -0.25) is 0 Å². The molecular weight excluding hydrogens is 201 g/mol. The summed E-state index contributed by atoms with van der Waals surface area (Å²) in [6.07, 6.45) is 0.592. The van der Waals surface area contributed by atoms with Crippen LogP contribution in [0.4, 0.5) is 0 Å². The van der Waals surface area contributed by atoms with E-state index in [-0.39, 0.29) is 65.7 Å². The van der Waals surface area contributed by atoms with Crippen molar-refractivity contribution in [2.75, 3.05) is 6.61 Å². The number of hydrogen-bond donors (Lipinski definition) is 0. The fourth-order valence-electron chi connectivity index (χ4n) is 0.400. The molecule has 0 fully saturated rings. The predicted octanol–water partition coefficient (Wildman–Crippen LogP) is -6.11. The van der Waals surface area contributed by atoms with Gasteiger partial charge in [0, 0.05) is 0 Å². The Kier molecular flexibility index (Phi) is 15.8. The summed E-state index contributed by atoms with van der Waals surface area (Å²) in [5.41, 5.74) is 0. The number of rotatable bonds is 4. The van der Waals surface area contributed by atoms with Gasteiger partial charge >= 0.3 is 59.1 Å². The van der Waals surface area contributed by atoms with Gasteiger partial charge in [-0.1, -0.05) is 13.8 Å². The monoisotopic (exact) mass is 212 g/mol.